The van der Waals surface area contributed by atoms with Gasteiger partial charge in [0.1, 0.15) is 5.54 Å². The fourth-order valence-electron chi connectivity index (χ4n) is 1.45. The van der Waals surface area contributed by atoms with Crippen molar-refractivity contribution in [2.45, 2.75) is 25.3 Å². The summed E-state index contributed by atoms with van der Waals surface area (Å²) >= 11 is 0. The average Bonchev–Trinajstić information content (AvgIpc) is 2.29. The van der Waals surface area contributed by atoms with Crippen LogP contribution < -0.4 is 5.73 Å². The summed E-state index contributed by atoms with van der Waals surface area (Å²) in [5.74, 6) is -1.07. The summed E-state index contributed by atoms with van der Waals surface area (Å²) in [6.07, 6.45) is 0.441. The normalized spacial score (nSPS) is 13.2. The number of hydrogen-bond acceptors (Lipinski definition) is 4. The lowest BCUT2D eigenvalue weighted by atomic mass is 9.89. The maximum atomic E-state index is 11.0. The van der Waals surface area contributed by atoms with Crippen molar-refractivity contribution in [1.29, 1.82) is 0 Å². The molecule has 0 unspecified atom stereocenters. The molecule has 0 amide bonds. The monoisotopic (exact) mass is 274 g/mol. The van der Waals surface area contributed by atoms with E-state index in [1.807, 2.05) is 0 Å². The Morgan fingerprint density at radius 1 is 1.44 bits per heavy atom. The van der Waals surface area contributed by atoms with Gasteiger partial charge < -0.3 is 10.8 Å². The van der Waals surface area contributed by atoms with Crippen molar-refractivity contribution in [2.75, 3.05) is 0 Å². The Labute approximate surface area is 110 Å². The smallest absolute Gasteiger partial charge is 0.324 e. The summed E-state index contributed by atoms with van der Waals surface area (Å²) in [6, 6.07) is 5.73. The highest BCUT2D eigenvalue weighted by molar-refractivity contribution is 5.85. The lowest BCUT2D eigenvalue weighted by Crippen LogP contribution is -2.49. The summed E-state index contributed by atoms with van der Waals surface area (Å²) in [5.41, 5.74) is 5.06. The second kappa shape index (κ2) is 6.32. The molecule has 0 aliphatic heterocycles. The molecule has 100 valence electrons. The van der Waals surface area contributed by atoms with Gasteiger partial charge in [0.15, 0.2) is 0 Å². The van der Waals surface area contributed by atoms with Gasteiger partial charge in [0.05, 0.1) is 4.92 Å². The fourth-order valence-corrected chi connectivity index (χ4v) is 1.45. The average molecular weight is 275 g/mol. The van der Waals surface area contributed by atoms with Crippen molar-refractivity contribution < 1.29 is 14.8 Å². The predicted molar refractivity (Wildman–Crippen MR) is 68.9 cm³/mol. The van der Waals surface area contributed by atoms with Crippen LogP contribution in [0.3, 0.4) is 0 Å². The first kappa shape index (κ1) is 16.3. The number of benzene rings is 1. The lowest BCUT2D eigenvalue weighted by Gasteiger charge is -2.22. The van der Waals surface area contributed by atoms with Crippen LogP contribution in [0.15, 0.2) is 24.3 Å². The molecule has 0 aromatic heterocycles. The number of nitro benzene ring substituents is 1. The van der Waals surface area contributed by atoms with Gasteiger partial charge in [0, 0.05) is 18.6 Å². The van der Waals surface area contributed by atoms with Crippen molar-refractivity contribution in [3.05, 3.63) is 39.9 Å². The summed E-state index contributed by atoms with van der Waals surface area (Å²) < 4.78 is 0. The minimum Gasteiger partial charge on any atom is -0.480 e. The van der Waals surface area contributed by atoms with Crippen LogP contribution in [0.25, 0.3) is 0 Å². The molecule has 3 N–H and O–H groups in total. The molecule has 0 fully saturated rings. The van der Waals surface area contributed by atoms with E-state index >= 15 is 0 Å². The van der Waals surface area contributed by atoms with Crippen LogP contribution in [0.4, 0.5) is 5.69 Å². The molecule has 1 aromatic rings. The number of nitrogens with zero attached hydrogens (tertiary/aromatic N) is 1. The molecule has 0 saturated heterocycles. The Balaban J connectivity index is 0.00000289. The van der Waals surface area contributed by atoms with Crippen molar-refractivity contribution in [2.24, 2.45) is 5.73 Å². The van der Waals surface area contributed by atoms with Crippen LogP contribution in [0, 0.1) is 10.1 Å². The van der Waals surface area contributed by atoms with Gasteiger partial charge in [-0.3, -0.25) is 14.9 Å². The molecule has 0 saturated carbocycles. The first-order valence-electron chi connectivity index (χ1n) is 5.14. The predicted octanol–water partition coefficient (Wildman–Crippen LogP) is 1.75. The minimum absolute atomic E-state index is 0. The molecule has 0 aliphatic rings. The third-order valence-corrected chi connectivity index (χ3v) is 2.72. The van der Waals surface area contributed by atoms with Crippen LogP contribution >= 0.6 is 12.4 Å². The highest BCUT2D eigenvalue weighted by Crippen LogP contribution is 2.18. The van der Waals surface area contributed by atoms with E-state index in [2.05, 4.69) is 0 Å². The van der Waals surface area contributed by atoms with Gasteiger partial charge in [-0.15, -0.1) is 12.4 Å². The number of hydrogen-bond donors (Lipinski definition) is 2. The van der Waals surface area contributed by atoms with Gasteiger partial charge in [-0.25, -0.2) is 0 Å². The number of non-ortho nitro benzene ring substituents is 1. The molecule has 0 radical (unpaired) electrons. The first-order chi connectivity index (χ1) is 7.89. The molecular weight excluding hydrogens is 260 g/mol. The number of carboxylic acid groups (broad SMARTS) is 1. The second-order valence-corrected chi connectivity index (χ2v) is 3.92. The maximum absolute atomic E-state index is 11.0. The number of carboxylic acids is 1. The molecule has 7 heteroatoms. The number of rotatable bonds is 5. The van der Waals surface area contributed by atoms with Gasteiger partial charge in [-0.2, -0.15) is 0 Å². The summed E-state index contributed by atoms with van der Waals surface area (Å²) in [7, 11) is 0. The summed E-state index contributed by atoms with van der Waals surface area (Å²) in [4.78, 5) is 20.9. The van der Waals surface area contributed by atoms with Crippen LogP contribution in [0.5, 0.6) is 0 Å². The molecule has 0 bridgehead atoms. The van der Waals surface area contributed by atoms with Gasteiger partial charge in [0.25, 0.3) is 5.69 Å². The molecule has 1 atom stereocenters. The SMILES string of the molecule is CC[C@](N)(Cc1ccc([N+](=O)[O-])cc1)C(=O)O.Cl. The Morgan fingerprint density at radius 2 is 1.94 bits per heavy atom. The third kappa shape index (κ3) is 3.68. The Bertz CT molecular complexity index is 435. The lowest BCUT2D eigenvalue weighted by molar-refractivity contribution is -0.384. The van der Waals surface area contributed by atoms with E-state index in [1.54, 1.807) is 6.92 Å². The van der Waals surface area contributed by atoms with E-state index in [4.69, 9.17) is 10.8 Å². The van der Waals surface area contributed by atoms with E-state index < -0.39 is 16.4 Å². The number of halogens is 1. The van der Waals surface area contributed by atoms with E-state index in [0.717, 1.165) is 0 Å². The van der Waals surface area contributed by atoms with E-state index in [0.29, 0.717) is 12.0 Å². The zero-order chi connectivity index (χ0) is 13.1. The Kier molecular flexibility index (Phi) is 5.74. The molecule has 6 nitrogen and oxygen atoms in total. The molecular formula is C11H15ClN2O4. The van der Waals surface area contributed by atoms with Crippen molar-refractivity contribution in [3.63, 3.8) is 0 Å². The minimum atomic E-state index is -1.32. The van der Waals surface area contributed by atoms with Gasteiger partial charge in [-0.1, -0.05) is 19.1 Å². The molecule has 0 heterocycles. The maximum Gasteiger partial charge on any atom is 0.324 e. The topological polar surface area (TPSA) is 106 Å². The van der Waals surface area contributed by atoms with E-state index in [9.17, 15) is 14.9 Å². The molecule has 1 rings (SSSR count). The van der Waals surface area contributed by atoms with Crippen LogP contribution in [0.2, 0.25) is 0 Å². The van der Waals surface area contributed by atoms with E-state index in [1.165, 1.54) is 24.3 Å². The van der Waals surface area contributed by atoms with E-state index in [-0.39, 0.29) is 24.5 Å². The van der Waals surface area contributed by atoms with Crippen molar-refractivity contribution in [1.82, 2.24) is 0 Å². The Morgan fingerprint density at radius 3 is 2.28 bits per heavy atom. The molecule has 18 heavy (non-hydrogen) atoms. The van der Waals surface area contributed by atoms with Gasteiger partial charge in [0.2, 0.25) is 0 Å². The number of nitrogens with two attached hydrogens (primary N) is 1. The zero-order valence-corrected chi connectivity index (χ0v) is 10.6. The molecule has 0 aliphatic carbocycles. The van der Waals surface area contributed by atoms with Gasteiger partial charge in [-0.05, 0) is 12.0 Å². The van der Waals surface area contributed by atoms with Crippen molar-refractivity contribution >= 4 is 24.1 Å². The second-order valence-electron chi connectivity index (χ2n) is 3.92. The zero-order valence-electron chi connectivity index (χ0n) is 9.83. The quantitative estimate of drug-likeness (QED) is 0.628. The summed E-state index contributed by atoms with van der Waals surface area (Å²) in [6.45, 7) is 1.69. The molecule has 1 aromatic carbocycles. The first-order valence-corrected chi connectivity index (χ1v) is 5.14. The largest absolute Gasteiger partial charge is 0.480 e. The third-order valence-electron chi connectivity index (χ3n) is 2.72. The Hall–Kier alpha value is -1.66. The van der Waals surface area contributed by atoms with Crippen LogP contribution in [-0.2, 0) is 11.2 Å². The highest BCUT2D eigenvalue weighted by atomic mass is 35.5. The summed E-state index contributed by atoms with van der Waals surface area (Å²) in [5, 5.41) is 19.5. The van der Waals surface area contributed by atoms with Crippen molar-refractivity contribution in [3.8, 4) is 0 Å². The standard InChI is InChI=1S/C11H14N2O4.ClH/c1-2-11(12,10(14)15)7-8-3-5-9(6-4-8)13(16)17;/h3-6H,2,7,12H2,1H3,(H,14,15);1H/t11-;/m0./s1. The number of nitro groups is 1. The van der Waals surface area contributed by atoms with Gasteiger partial charge >= 0.3 is 5.97 Å². The number of carbonyl (C=O) groups is 1. The highest BCUT2D eigenvalue weighted by Gasteiger charge is 2.31. The fraction of sp³-hybridized carbons (Fsp3) is 0.364. The van der Waals surface area contributed by atoms with Crippen LogP contribution in [-0.4, -0.2) is 21.5 Å². The van der Waals surface area contributed by atoms with Crippen LogP contribution in [0.1, 0.15) is 18.9 Å². The molecule has 0 spiro atoms. The number of aliphatic carboxylic acids is 1.